The molecule has 0 bridgehead atoms. The number of hydrogen-bond donors (Lipinski definition) is 1. The van der Waals surface area contributed by atoms with Crippen molar-refractivity contribution in [2.24, 2.45) is 5.41 Å². The summed E-state index contributed by atoms with van der Waals surface area (Å²) in [6, 6.07) is 0. The van der Waals surface area contributed by atoms with E-state index in [9.17, 15) is 4.79 Å². The van der Waals surface area contributed by atoms with Gasteiger partial charge >= 0.3 is 0 Å². The first-order valence-corrected chi connectivity index (χ1v) is 5.88. The van der Waals surface area contributed by atoms with Crippen LogP contribution in [0.15, 0.2) is 11.8 Å². The summed E-state index contributed by atoms with van der Waals surface area (Å²) in [7, 11) is 0. The van der Waals surface area contributed by atoms with E-state index in [0.29, 0.717) is 18.6 Å². The van der Waals surface area contributed by atoms with Crippen molar-refractivity contribution in [3.8, 4) is 0 Å². The average molecular weight is 224 g/mol. The number of carbonyl (C=O) groups excluding carboxylic acids is 1. The highest BCUT2D eigenvalue weighted by molar-refractivity contribution is 5.82. The number of nitrogens with zero attached hydrogens (tertiary/aromatic N) is 1. The molecule has 1 N–H and O–H groups in total. The lowest BCUT2D eigenvalue weighted by Gasteiger charge is -2.33. The van der Waals surface area contributed by atoms with Crippen LogP contribution in [0.5, 0.6) is 0 Å². The van der Waals surface area contributed by atoms with E-state index in [1.165, 1.54) is 0 Å². The van der Waals surface area contributed by atoms with E-state index in [2.05, 4.69) is 30.4 Å². The fraction of sp³-hybridized carbons (Fsp3) is 0.750. The molecule has 0 amide bonds. The molecule has 4 heteroatoms. The first kappa shape index (κ1) is 11.6. The number of nitrogens with one attached hydrogen (secondary N) is 1. The fourth-order valence-electron chi connectivity index (χ4n) is 2.31. The Bertz CT molecular complexity index is 304. The second-order valence-corrected chi connectivity index (χ2v) is 5.26. The van der Waals surface area contributed by atoms with Crippen molar-refractivity contribution >= 4 is 5.78 Å². The zero-order valence-electron chi connectivity index (χ0n) is 10.1. The number of ketones is 1. The van der Waals surface area contributed by atoms with Crippen molar-refractivity contribution in [2.45, 2.75) is 26.7 Å². The van der Waals surface area contributed by atoms with E-state index < -0.39 is 0 Å². The third kappa shape index (κ3) is 3.06. The highest BCUT2D eigenvalue weighted by atomic mass is 16.5. The summed E-state index contributed by atoms with van der Waals surface area (Å²) in [6.45, 7) is 7.49. The van der Waals surface area contributed by atoms with Gasteiger partial charge in [0.2, 0.25) is 0 Å². The van der Waals surface area contributed by atoms with E-state index in [-0.39, 0.29) is 5.41 Å². The van der Waals surface area contributed by atoms with Crippen molar-refractivity contribution < 1.29 is 9.53 Å². The number of morpholine rings is 1. The van der Waals surface area contributed by atoms with E-state index in [0.717, 1.165) is 32.0 Å². The van der Waals surface area contributed by atoms with Gasteiger partial charge in [-0.25, -0.2) is 5.01 Å². The monoisotopic (exact) mass is 224 g/mol. The van der Waals surface area contributed by atoms with Crippen LogP contribution in [0.1, 0.15) is 26.7 Å². The predicted octanol–water partition coefficient (Wildman–Crippen LogP) is 1.10. The minimum Gasteiger partial charge on any atom is -0.379 e. The molecule has 0 atom stereocenters. The molecule has 0 radical (unpaired) electrons. The van der Waals surface area contributed by atoms with E-state index >= 15 is 0 Å². The quantitative estimate of drug-likeness (QED) is 0.762. The molecule has 1 aliphatic carbocycles. The molecular formula is C12H20N2O2. The van der Waals surface area contributed by atoms with Gasteiger partial charge in [-0.2, -0.15) is 0 Å². The van der Waals surface area contributed by atoms with Crippen molar-refractivity contribution in [3.63, 3.8) is 0 Å². The van der Waals surface area contributed by atoms with E-state index in [1.807, 2.05) is 0 Å². The van der Waals surface area contributed by atoms with Crippen molar-refractivity contribution in [1.29, 1.82) is 0 Å². The molecule has 0 aromatic carbocycles. The van der Waals surface area contributed by atoms with Gasteiger partial charge < -0.3 is 10.2 Å². The molecule has 1 aliphatic heterocycles. The van der Waals surface area contributed by atoms with Crippen molar-refractivity contribution in [1.82, 2.24) is 10.4 Å². The number of ether oxygens (including phenoxy) is 1. The lowest BCUT2D eigenvalue weighted by Crippen LogP contribution is -2.46. The van der Waals surface area contributed by atoms with Crippen molar-refractivity contribution in [2.75, 3.05) is 26.3 Å². The third-order valence-corrected chi connectivity index (χ3v) is 2.92. The molecule has 2 aliphatic rings. The van der Waals surface area contributed by atoms with Crippen LogP contribution < -0.4 is 5.43 Å². The summed E-state index contributed by atoms with van der Waals surface area (Å²) in [5.74, 6) is 0.322. The maximum atomic E-state index is 11.6. The first-order chi connectivity index (χ1) is 7.55. The first-order valence-electron chi connectivity index (χ1n) is 5.88. The van der Waals surface area contributed by atoms with Crippen LogP contribution in [0.2, 0.25) is 0 Å². The van der Waals surface area contributed by atoms with Gasteiger partial charge in [0.25, 0.3) is 0 Å². The second-order valence-electron chi connectivity index (χ2n) is 5.26. The molecule has 0 aromatic rings. The Labute approximate surface area is 96.6 Å². The number of Topliss-reactive ketones (excluding diaryl/α,β-unsaturated/α-hetero) is 1. The van der Waals surface area contributed by atoms with E-state index in [4.69, 9.17) is 4.74 Å². The zero-order chi connectivity index (χ0) is 11.6. The Kier molecular flexibility index (Phi) is 3.30. The van der Waals surface area contributed by atoms with Gasteiger partial charge in [-0.05, 0) is 5.41 Å². The fourth-order valence-corrected chi connectivity index (χ4v) is 2.31. The largest absolute Gasteiger partial charge is 0.379 e. The summed E-state index contributed by atoms with van der Waals surface area (Å²) in [5, 5.41) is 2.13. The number of rotatable bonds is 2. The van der Waals surface area contributed by atoms with Crippen LogP contribution >= 0.6 is 0 Å². The maximum absolute atomic E-state index is 11.6. The van der Waals surface area contributed by atoms with Crippen molar-refractivity contribution in [3.05, 3.63) is 11.8 Å². The third-order valence-electron chi connectivity index (χ3n) is 2.92. The lowest BCUT2D eigenvalue weighted by atomic mass is 9.81. The van der Waals surface area contributed by atoms with Gasteiger partial charge in [-0.1, -0.05) is 19.9 Å². The number of carbonyl (C=O) groups is 1. The van der Waals surface area contributed by atoms with Crippen LogP contribution in [0, 0.1) is 5.41 Å². The highest BCUT2D eigenvalue weighted by Crippen LogP contribution is 2.30. The van der Waals surface area contributed by atoms with Crippen LogP contribution in [0.4, 0.5) is 0 Å². The summed E-state index contributed by atoms with van der Waals surface area (Å²) >= 11 is 0. The van der Waals surface area contributed by atoms with Gasteiger partial charge in [0.15, 0.2) is 0 Å². The average Bonchev–Trinajstić information content (AvgIpc) is 2.15. The predicted molar refractivity (Wildman–Crippen MR) is 61.6 cm³/mol. The van der Waals surface area contributed by atoms with Gasteiger partial charge in [-0.15, -0.1) is 0 Å². The molecule has 1 fully saturated rings. The van der Waals surface area contributed by atoms with Gasteiger partial charge in [-0.3, -0.25) is 4.79 Å². The van der Waals surface area contributed by atoms with Crippen LogP contribution in [0.25, 0.3) is 0 Å². The second kappa shape index (κ2) is 4.55. The number of hydrazine groups is 1. The van der Waals surface area contributed by atoms with Crippen LogP contribution in [-0.4, -0.2) is 37.1 Å². The Balaban J connectivity index is 1.97. The van der Waals surface area contributed by atoms with Gasteiger partial charge in [0.1, 0.15) is 5.78 Å². The molecule has 4 nitrogen and oxygen atoms in total. The molecule has 16 heavy (non-hydrogen) atoms. The molecule has 0 unspecified atom stereocenters. The summed E-state index contributed by atoms with van der Waals surface area (Å²) < 4.78 is 5.28. The molecule has 0 spiro atoms. The SMILES string of the molecule is CC1(C)C=C(NN2CCOCC2)CC(=O)C1. The molecule has 2 rings (SSSR count). The Hall–Kier alpha value is -0.870. The molecule has 1 saturated heterocycles. The summed E-state index contributed by atoms with van der Waals surface area (Å²) in [6.07, 6.45) is 3.38. The molecule has 1 heterocycles. The summed E-state index contributed by atoms with van der Waals surface area (Å²) in [4.78, 5) is 11.6. The Morgan fingerprint density at radius 3 is 2.69 bits per heavy atom. The van der Waals surface area contributed by atoms with Crippen LogP contribution in [-0.2, 0) is 9.53 Å². The normalized spacial score (nSPS) is 26.4. The Morgan fingerprint density at radius 1 is 1.38 bits per heavy atom. The number of hydrogen-bond acceptors (Lipinski definition) is 4. The Morgan fingerprint density at radius 2 is 2.06 bits per heavy atom. The molecule has 0 saturated carbocycles. The topological polar surface area (TPSA) is 41.6 Å². The molecule has 0 aromatic heterocycles. The lowest BCUT2D eigenvalue weighted by molar-refractivity contribution is -0.120. The molecule has 90 valence electrons. The van der Waals surface area contributed by atoms with Gasteiger partial charge in [0.05, 0.1) is 13.2 Å². The maximum Gasteiger partial charge on any atom is 0.139 e. The highest BCUT2D eigenvalue weighted by Gasteiger charge is 2.27. The molecular weight excluding hydrogens is 204 g/mol. The zero-order valence-corrected chi connectivity index (χ0v) is 10.1. The summed E-state index contributed by atoms with van der Waals surface area (Å²) in [5.41, 5.74) is 4.37. The van der Waals surface area contributed by atoms with Crippen LogP contribution in [0.3, 0.4) is 0 Å². The smallest absolute Gasteiger partial charge is 0.139 e. The minimum absolute atomic E-state index is 0.00997. The number of allylic oxidation sites excluding steroid dienone is 2. The van der Waals surface area contributed by atoms with Gasteiger partial charge in [0, 0.05) is 31.6 Å². The standard InChI is InChI=1S/C12H20N2O2/c1-12(2)8-10(7-11(15)9-12)13-14-3-5-16-6-4-14/h8,13H,3-7,9H2,1-2H3. The minimum atomic E-state index is -0.00997. The van der Waals surface area contributed by atoms with E-state index in [1.54, 1.807) is 0 Å².